The average molecular weight is 392 g/mol. The summed E-state index contributed by atoms with van der Waals surface area (Å²) in [7, 11) is 2.88. The third-order valence-corrected chi connectivity index (χ3v) is 3.44. The van der Waals surface area contributed by atoms with Crippen LogP contribution in [0.15, 0.2) is 36.4 Å². The molecule has 0 aliphatic rings. The highest BCUT2D eigenvalue weighted by atomic mass is 35.5. The fourth-order valence-electron chi connectivity index (χ4n) is 1.68. The molecule has 0 saturated carbocycles. The Balaban J connectivity index is 0.000000240. The Morgan fingerprint density at radius 2 is 1.29 bits per heavy atom. The summed E-state index contributed by atoms with van der Waals surface area (Å²) in [5, 5.41) is 8.95. The number of ether oxygens (including phenoxy) is 2. The Labute approximate surface area is 153 Å². The van der Waals surface area contributed by atoms with Crippen LogP contribution in [0.4, 0.5) is 0 Å². The van der Waals surface area contributed by atoms with Gasteiger partial charge in [0.1, 0.15) is 17.1 Å². The number of benzene rings is 2. The maximum Gasteiger partial charge on any atom is 0.339 e. The third-order valence-electron chi connectivity index (χ3n) is 2.77. The van der Waals surface area contributed by atoms with Gasteiger partial charge in [0.2, 0.25) is 0 Å². The molecule has 0 saturated heterocycles. The Morgan fingerprint density at radius 1 is 0.875 bits per heavy atom. The van der Waals surface area contributed by atoms with Gasteiger partial charge in [-0.25, -0.2) is 4.79 Å². The van der Waals surface area contributed by atoms with E-state index in [1.165, 1.54) is 32.4 Å². The van der Waals surface area contributed by atoms with Gasteiger partial charge in [-0.3, -0.25) is 4.79 Å². The molecule has 0 heterocycles. The standard InChI is InChI=1S/C8H6Cl2O2.C8H7ClO3/c2*1-12-7-3-2-5(9)4-6(7)8(10)11/h2-4H,1H3;2-4H,1H3,(H,10,11). The van der Waals surface area contributed by atoms with Crippen LogP contribution in [0, 0.1) is 0 Å². The molecule has 0 aliphatic carbocycles. The number of hydrogen-bond acceptors (Lipinski definition) is 4. The number of carboxylic acid groups (broad SMARTS) is 1. The minimum Gasteiger partial charge on any atom is -0.496 e. The van der Waals surface area contributed by atoms with Gasteiger partial charge in [0.25, 0.3) is 5.24 Å². The summed E-state index contributed by atoms with van der Waals surface area (Å²) < 4.78 is 9.72. The zero-order chi connectivity index (χ0) is 18.3. The Kier molecular flexibility index (Phi) is 7.85. The van der Waals surface area contributed by atoms with Crippen molar-refractivity contribution < 1.29 is 24.2 Å². The first-order chi connectivity index (χ1) is 11.3. The first-order valence-electron chi connectivity index (χ1n) is 6.40. The Morgan fingerprint density at radius 3 is 1.67 bits per heavy atom. The molecule has 0 aromatic heterocycles. The predicted molar refractivity (Wildman–Crippen MR) is 93.2 cm³/mol. The highest BCUT2D eigenvalue weighted by molar-refractivity contribution is 6.68. The van der Waals surface area contributed by atoms with Crippen molar-refractivity contribution in [2.75, 3.05) is 14.2 Å². The van der Waals surface area contributed by atoms with Crippen molar-refractivity contribution in [1.82, 2.24) is 0 Å². The summed E-state index contributed by atoms with van der Waals surface area (Å²) in [5.74, 6) is -0.305. The molecule has 2 aromatic rings. The molecular formula is C16H13Cl3O5. The molecule has 0 bridgehead atoms. The average Bonchev–Trinajstić information content (AvgIpc) is 2.55. The number of halogens is 3. The summed E-state index contributed by atoms with van der Waals surface area (Å²) >= 11 is 16.5. The molecule has 0 radical (unpaired) electrons. The normalized spacial score (nSPS) is 9.54. The molecule has 2 aromatic carbocycles. The molecule has 0 atom stereocenters. The van der Waals surface area contributed by atoms with Crippen molar-refractivity contribution >= 4 is 46.0 Å². The number of carbonyl (C=O) groups is 2. The monoisotopic (exact) mass is 390 g/mol. The van der Waals surface area contributed by atoms with Crippen molar-refractivity contribution in [3.63, 3.8) is 0 Å². The summed E-state index contributed by atoms with van der Waals surface area (Å²) in [6, 6.07) is 9.14. The van der Waals surface area contributed by atoms with Gasteiger partial charge in [-0.2, -0.15) is 0 Å². The van der Waals surface area contributed by atoms with Crippen LogP contribution in [0.5, 0.6) is 11.5 Å². The van der Waals surface area contributed by atoms with Crippen LogP contribution in [0.3, 0.4) is 0 Å². The van der Waals surface area contributed by atoms with Crippen molar-refractivity contribution in [2.45, 2.75) is 0 Å². The Bertz CT molecular complexity index is 683. The van der Waals surface area contributed by atoms with E-state index < -0.39 is 11.2 Å². The zero-order valence-electron chi connectivity index (χ0n) is 12.7. The molecule has 0 fully saturated rings. The fraction of sp³-hybridized carbons (Fsp3) is 0.125. The molecule has 2 rings (SSSR count). The van der Waals surface area contributed by atoms with Crippen LogP contribution in [0.2, 0.25) is 10.0 Å². The van der Waals surface area contributed by atoms with Crippen molar-refractivity contribution in [2.24, 2.45) is 0 Å². The predicted octanol–water partition coefficient (Wildman–Crippen LogP) is 4.77. The lowest BCUT2D eigenvalue weighted by atomic mass is 10.2. The fourth-order valence-corrected chi connectivity index (χ4v) is 2.17. The molecule has 24 heavy (non-hydrogen) atoms. The first kappa shape index (κ1) is 20.1. The molecule has 128 valence electrons. The van der Waals surface area contributed by atoms with Gasteiger partial charge < -0.3 is 14.6 Å². The van der Waals surface area contributed by atoms with E-state index in [9.17, 15) is 9.59 Å². The topological polar surface area (TPSA) is 72.8 Å². The first-order valence-corrected chi connectivity index (χ1v) is 7.53. The van der Waals surface area contributed by atoms with E-state index in [0.717, 1.165) is 0 Å². The smallest absolute Gasteiger partial charge is 0.339 e. The highest BCUT2D eigenvalue weighted by Gasteiger charge is 2.10. The second kappa shape index (κ2) is 9.37. The van der Waals surface area contributed by atoms with Crippen LogP contribution in [0.1, 0.15) is 20.7 Å². The quantitative estimate of drug-likeness (QED) is 0.760. The molecule has 1 N–H and O–H groups in total. The number of hydrogen-bond donors (Lipinski definition) is 1. The lowest BCUT2D eigenvalue weighted by Crippen LogP contribution is -1.99. The van der Waals surface area contributed by atoms with Gasteiger partial charge in [0, 0.05) is 10.0 Å². The minimum atomic E-state index is -1.05. The van der Waals surface area contributed by atoms with Crippen molar-refractivity contribution in [3.8, 4) is 11.5 Å². The van der Waals surface area contributed by atoms with Gasteiger partial charge in [0.05, 0.1) is 19.8 Å². The van der Waals surface area contributed by atoms with E-state index in [1.807, 2.05) is 0 Å². The van der Waals surface area contributed by atoms with Crippen LogP contribution in [-0.2, 0) is 0 Å². The van der Waals surface area contributed by atoms with E-state index in [2.05, 4.69) is 0 Å². The molecule has 8 heteroatoms. The maximum absolute atomic E-state index is 10.8. The van der Waals surface area contributed by atoms with Gasteiger partial charge in [-0.05, 0) is 48.0 Å². The van der Waals surface area contributed by atoms with Crippen LogP contribution in [-0.4, -0.2) is 30.5 Å². The second-order valence-corrected chi connectivity index (χ2v) is 5.48. The van der Waals surface area contributed by atoms with E-state index in [-0.39, 0.29) is 11.1 Å². The molecule has 0 spiro atoms. The zero-order valence-corrected chi connectivity index (χ0v) is 14.9. The SMILES string of the molecule is COc1ccc(Cl)cc1C(=O)Cl.COc1ccc(Cl)cc1C(=O)O. The van der Waals surface area contributed by atoms with E-state index in [1.54, 1.807) is 18.2 Å². The number of carbonyl (C=O) groups excluding carboxylic acids is 1. The van der Waals surface area contributed by atoms with Gasteiger partial charge in [0.15, 0.2) is 0 Å². The number of carboxylic acids is 1. The summed E-state index contributed by atoms with van der Waals surface area (Å²) in [6.45, 7) is 0. The highest BCUT2D eigenvalue weighted by Crippen LogP contribution is 2.24. The number of aromatic carboxylic acids is 1. The number of methoxy groups -OCH3 is 2. The molecule has 0 aliphatic heterocycles. The molecule has 5 nitrogen and oxygen atoms in total. The minimum absolute atomic E-state index is 0.0741. The van der Waals surface area contributed by atoms with E-state index in [0.29, 0.717) is 21.5 Å². The molecular weight excluding hydrogens is 379 g/mol. The summed E-state index contributed by atoms with van der Waals surface area (Å²) in [6.07, 6.45) is 0. The van der Waals surface area contributed by atoms with Gasteiger partial charge >= 0.3 is 5.97 Å². The summed E-state index contributed by atoms with van der Waals surface area (Å²) in [4.78, 5) is 21.4. The largest absolute Gasteiger partial charge is 0.496 e. The van der Waals surface area contributed by atoms with Crippen molar-refractivity contribution in [3.05, 3.63) is 57.6 Å². The molecule has 0 amide bonds. The maximum atomic E-state index is 10.8. The lowest BCUT2D eigenvalue weighted by molar-refractivity contribution is 0.0693. The second-order valence-electron chi connectivity index (χ2n) is 4.27. The molecule has 0 unspecified atom stereocenters. The van der Waals surface area contributed by atoms with Crippen molar-refractivity contribution in [1.29, 1.82) is 0 Å². The lowest BCUT2D eigenvalue weighted by Gasteiger charge is -2.03. The number of rotatable bonds is 4. The van der Waals surface area contributed by atoms with Crippen LogP contribution >= 0.6 is 34.8 Å². The Hall–Kier alpha value is -1.95. The third kappa shape index (κ3) is 5.60. The van der Waals surface area contributed by atoms with E-state index in [4.69, 9.17) is 49.4 Å². The summed E-state index contributed by atoms with van der Waals surface area (Å²) in [5.41, 5.74) is 0.358. The van der Waals surface area contributed by atoms with Gasteiger partial charge in [-0.1, -0.05) is 23.2 Å². The van der Waals surface area contributed by atoms with E-state index >= 15 is 0 Å². The van der Waals surface area contributed by atoms with Gasteiger partial charge in [-0.15, -0.1) is 0 Å². The van der Waals surface area contributed by atoms with Crippen LogP contribution < -0.4 is 9.47 Å². The van der Waals surface area contributed by atoms with Crippen LogP contribution in [0.25, 0.3) is 0 Å².